The van der Waals surface area contributed by atoms with Gasteiger partial charge < -0.3 is 15.0 Å². The smallest absolute Gasteiger partial charge is 0.220 e. The number of aryl methyl sites for hydroxylation is 1. The Morgan fingerprint density at radius 3 is 2.79 bits per heavy atom. The molecule has 2 aromatic heterocycles. The highest BCUT2D eigenvalue weighted by atomic mass is 16.5. The van der Waals surface area contributed by atoms with Gasteiger partial charge in [0, 0.05) is 25.6 Å². The molecule has 2 heterocycles. The summed E-state index contributed by atoms with van der Waals surface area (Å²) in [4.78, 5) is 23.7. The minimum absolute atomic E-state index is 0.0249. The van der Waals surface area contributed by atoms with Crippen LogP contribution in [-0.4, -0.2) is 34.5 Å². The molecule has 6 heteroatoms. The number of carbonyl (C=O) groups excluding carboxylic acids is 1. The van der Waals surface area contributed by atoms with Crippen molar-refractivity contribution in [3.8, 4) is 5.75 Å². The van der Waals surface area contributed by atoms with Crippen LogP contribution in [-0.2, 0) is 17.6 Å². The maximum atomic E-state index is 11.9. The van der Waals surface area contributed by atoms with Crippen LogP contribution in [0.3, 0.4) is 0 Å². The highest BCUT2D eigenvalue weighted by Gasteiger charge is 2.06. The SMILES string of the molecule is COc1ccc(CCNC(=O)CCc2nc3ncccc3[nH]2)cc1. The summed E-state index contributed by atoms with van der Waals surface area (Å²) in [6, 6.07) is 11.6. The fourth-order valence-electron chi connectivity index (χ4n) is 2.47. The lowest BCUT2D eigenvalue weighted by molar-refractivity contribution is -0.121. The topological polar surface area (TPSA) is 79.9 Å². The van der Waals surface area contributed by atoms with Crippen LogP contribution >= 0.6 is 0 Å². The second-order valence-corrected chi connectivity index (χ2v) is 5.51. The molecule has 1 aromatic carbocycles. The van der Waals surface area contributed by atoms with Crippen LogP contribution in [0.25, 0.3) is 11.2 Å². The molecule has 0 radical (unpaired) electrons. The molecule has 1 amide bonds. The Hall–Kier alpha value is -2.89. The van der Waals surface area contributed by atoms with Gasteiger partial charge in [-0.3, -0.25) is 4.79 Å². The van der Waals surface area contributed by atoms with E-state index in [9.17, 15) is 4.79 Å². The third kappa shape index (κ3) is 4.10. The van der Waals surface area contributed by atoms with Crippen molar-refractivity contribution in [3.63, 3.8) is 0 Å². The monoisotopic (exact) mass is 324 g/mol. The number of aromatic nitrogens is 3. The summed E-state index contributed by atoms with van der Waals surface area (Å²) in [5.74, 6) is 1.65. The molecule has 0 aliphatic rings. The Morgan fingerprint density at radius 2 is 2.04 bits per heavy atom. The molecule has 0 fully saturated rings. The van der Waals surface area contributed by atoms with Gasteiger partial charge in [-0.2, -0.15) is 0 Å². The summed E-state index contributed by atoms with van der Waals surface area (Å²) in [7, 11) is 1.65. The van der Waals surface area contributed by atoms with Gasteiger partial charge in [0.15, 0.2) is 5.65 Å². The average molecular weight is 324 g/mol. The van der Waals surface area contributed by atoms with Crippen molar-refractivity contribution in [2.45, 2.75) is 19.3 Å². The predicted octanol–water partition coefficient (Wildman–Crippen LogP) is 2.26. The number of benzene rings is 1. The van der Waals surface area contributed by atoms with Crippen LogP contribution in [0.4, 0.5) is 0 Å². The molecule has 0 spiro atoms. The number of amides is 1. The number of fused-ring (bicyclic) bond motifs is 1. The number of pyridine rings is 1. The number of aromatic amines is 1. The van der Waals surface area contributed by atoms with E-state index in [0.29, 0.717) is 25.0 Å². The summed E-state index contributed by atoms with van der Waals surface area (Å²) in [5.41, 5.74) is 2.75. The molecule has 0 saturated carbocycles. The first-order chi connectivity index (χ1) is 11.7. The number of carbonyl (C=O) groups is 1. The number of ether oxygens (including phenoxy) is 1. The molecular formula is C18H20N4O2. The average Bonchev–Trinajstić information content (AvgIpc) is 3.03. The Labute approximate surface area is 140 Å². The highest BCUT2D eigenvalue weighted by Crippen LogP contribution is 2.11. The number of imidazole rings is 1. The predicted molar refractivity (Wildman–Crippen MR) is 91.9 cm³/mol. The lowest BCUT2D eigenvalue weighted by Gasteiger charge is -2.06. The van der Waals surface area contributed by atoms with E-state index in [2.05, 4.69) is 20.3 Å². The van der Waals surface area contributed by atoms with E-state index in [1.165, 1.54) is 5.56 Å². The first-order valence-corrected chi connectivity index (χ1v) is 7.94. The van der Waals surface area contributed by atoms with E-state index in [-0.39, 0.29) is 5.91 Å². The van der Waals surface area contributed by atoms with Crippen molar-refractivity contribution in [1.29, 1.82) is 0 Å². The lowest BCUT2D eigenvalue weighted by Crippen LogP contribution is -2.26. The molecule has 0 atom stereocenters. The van der Waals surface area contributed by atoms with Crippen molar-refractivity contribution in [1.82, 2.24) is 20.3 Å². The molecule has 124 valence electrons. The van der Waals surface area contributed by atoms with Crippen molar-refractivity contribution in [2.75, 3.05) is 13.7 Å². The molecule has 6 nitrogen and oxygen atoms in total. The number of rotatable bonds is 7. The van der Waals surface area contributed by atoms with Crippen molar-refractivity contribution in [2.24, 2.45) is 0 Å². The first-order valence-electron chi connectivity index (χ1n) is 7.94. The van der Waals surface area contributed by atoms with E-state index >= 15 is 0 Å². The van der Waals surface area contributed by atoms with Gasteiger partial charge in [-0.05, 0) is 36.2 Å². The zero-order valence-corrected chi connectivity index (χ0v) is 13.6. The summed E-state index contributed by atoms with van der Waals surface area (Å²) in [6.07, 6.45) is 3.48. The van der Waals surface area contributed by atoms with Crippen LogP contribution in [0.15, 0.2) is 42.6 Å². The second kappa shape index (κ2) is 7.59. The van der Waals surface area contributed by atoms with Gasteiger partial charge >= 0.3 is 0 Å². The minimum atomic E-state index is 0.0249. The van der Waals surface area contributed by atoms with Crippen molar-refractivity contribution in [3.05, 3.63) is 54.0 Å². The molecular weight excluding hydrogens is 304 g/mol. The molecule has 0 saturated heterocycles. The Morgan fingerprint density at radius 1 is 1.21 bits per heavy atom. The number of hydrogen-bond donors (Lipinski definition) is 2. The van der Waals surface area contributed by atoms with Gasteiger partial charge in [-0.1, -0.05) is 12.1 Å². The highest BCUT2D eigenvalue weighted by molar-refractivity contribution is 5.76. The third-order valence-corrected chi connectivity index (χ3v) is 3.79. The van der Waals surface area contributed by atoms with Gasteiger partial charge in [0.05, 0.1) is 12.6 Å². The number of hydrogen-bond acceptors (Lipinski definition) is 4. The Kier molecular flexibility index (Phi) is 5.05. The van der Waals surface area contributed by atoms with E-state index in [1.54, 1.807) is 13.3 Å². The summed E-state index contributed by atoms with van der Waals surface area (Å²) in [6.45, 7) is 0.618. The van der Waals surface area contributed by atoms with Gasteiger partial charge in [-0.15, -0.1) is 0 Å². The largest absolute Gasteiger partial charge is 0.497 e. The molecule has 2 N–H and O–H groups in total. The number of nitrogens with zero attached hydrogens (tertiary/aromatic N) is 2. The van der Waals surface area contributed by atoms with Gasteiger partial charge in [-0.25, -0.2) is 9.97 Å². The zero-order valence-electron chi connectivity index (χ0n) is 13.6. The van der Waals surface area contributed by atoms with Crippen LogP contribution in [0.2, 0.25) is 0 Å². The van der Waals surface area contributed by atoms with Gasteiger partial charge in [0.1, 0.15) is 11.6 Å². The fraction of sp³-hybridized carbons (Fsp3) is 0.278. The van der Waals surface area contributed by atoms with Gasteiger partial charge in [0.25, 0.3) is 0 Å². The van der Waals surface area contributed by atoms with Crippen LogP contribution < -0.4 is 10.1 Å². The quantitative estimate of drug-likeness (QED) is 0.698. The molecule has 0 bridgehead atoms. The molecule has 24 heavy (non-hydrogen) atoms. The molecule has 3 aromatic rings. The van der Waals surface area contributed by atoms with Crippen molar-refractivity contribution < 1.29 is 9.53 Å². The second-order valence-electron chi connectivity index (χ2n) is 5.51. The lowest BCUT2D eigenvalue weighted by atomic mass is 10.1. The standard InChI is InChI=1S/C18H20N4O2/c1-24-14-6-4-13(5-7-14)10-12-19-17(23)9-8-16-21-15-3-2-11-20-18(15)22-16/h2-7,11H,8-10,12H2,1H3,(H,19,23)(H,20,21,22). The van der Waals surface area contributed by atoms with E-state index in [0.717, 1.165) is 23.5 Å². The summed E-state index contributed by atoms with van der Waals surface area (Å²) < 4.78 is 5.12. The number of nitrogens with one attached hydrogen (secondary N) is 2. The molecule has 0 aliphatic carbocycles. The maximum absolute atomic E-state index is 11.9. The summed E-state index contributed by atoms with van der Waals surface area (Å²) >= 11 is 0. The Bertz CT molecular complexity index is 778. The molecule has 3 rings (SSSR count). The normalized spacial score (nSPS) is 10.7. The minimum Gasteiger partial charge on any atom is -0.497 e. The number of methoxy groups -OCH3 is 1. The number of H-pyrrole nitrogens is 1. The van der Waals surface area contributed by atoms with E-state index in [4.69, 9.17) is 4.74 Å². The molecule has 0 aliphatic heterocycles. The maximum Gasteiger partial charge on any atom is 0.220 e. The Balaban J connectivity index is 1.42. The van der Waals surface area contributed by atoms with Crippen LogP contribution in [0, 0.1) is 0 Å². The van der Waals surface area contributed by atoms with E-state index in [1.807, 2.05) is 36.4 Å². The summed E-state index contributed by atoms with van der Waals surface area (Å²) in [5, 5.41) is 2.94. The molecule has 0 unspecified atom stereocenters. The fourth-order valence-corrected chi connectivity index (χ4v) is 2.47. The van der Waals surface area contributed by atoms with Crippen molar-refractivity contribution >= 4 is 17.1 Å². The van der Waals surface area contributed by atoms with Gasteiger partial charge in [0.2, 0.25) is 5.91 Å². The zero-order chi connectivity index (χ0) is 16.8. The van der Waals surface area contributed by atoms with Crippen LogP contribution in [0.1, 0.15) is 17.8 Å². The third-order valence-electron chi connectivity index (χ3n) is 3.79. The first kappa shape index (κ1) is 16.0. The van der Waals surface area contributed by atoms with E-state index < -0.39 is 0 Å². The van der Waals surface area contributed by atoms with Crippen LogP contribution in [0.5, 0.6) is 5.75 Å².